The zero-order chi connectivity index (χ0) is 25.2. The maximum atomic E-state index is 10.6. The number of nitrogens with one attached hydrogen (secondary N) is 1. The van der Waals surface area contributed by atoms with Gasteiger partial charge in [-0.05, 0) is 79.4 Å². The topological polar surface area (TPSA) is 73.8 Å². The lowest BCUT2D eigenvalue weighted by Crippen LogP contribution is -2.46. The SMILES string of the molecule is COc1ccc(N2CCN(c3ccc(Nc4ncc5ccc(O)c(C6CCCC6)c5n4)cc3)CC2)cc1. The van der Waals surface area contributed by atoms with E-state index in [9.17, 15) is 5.11 Å². The van der Waals surface area contributed by atoms with Crippen molar-refractivity contribution in [3.05, 3.63) is 72.4 Å². The van der Waals surface area contributed by atoms with E-state index >= 15 is 0 Å². The van der Waals surface area contributed by atoms with Crippen LogP contribution in [0.15, 0.2) is 66.9 Å². The number of benzene rings is 3. The Kier molecular flexibility index (Phi) is 6.43. The maximum absolute atomic E-state index is 10.6. The number of anilines is 4. The van der Waals surface area contributed by atoms with Crippen LogP contribution in [0.1, 0.15) is 37.2 Å². The lowest BCUT2D eigenvalue weighted by molar-refractivity contribution is 0.415. The third kappa shape index (κ3) is 4.86. The van der Waals surface area contributed by atoms with Crippen LogP contribution < -0.4 is 19.9 Å². The van der Waals surface area contributed by atoms with Gasteiger partial charge in [0.15, 0.2) is 0 Å². The average Bonchev–Trinajstić information content (AvgIpc) is 3.48. The van der Waals surface area contributed by atoms with Gasteiger partial charge in [0.05, 0.1) is 12.6 Å². The molecule has 37 heavy (non-hydrogen) atoms. The van der Waals surface area contributed by atoms with Crippen LogP contribution in [-0.2, 0) is 0 Å². The minimum Gasteiger partial charge on any atom is -0.508 e. The number of hydrogen-bond acceptors (Lipinski definition) is 7. The molecule has 0 spiro atoms. The van der Waals surface area contributed by atoms with Crippen LogP contribution in [0.3, 0.4) is 0 Å². The third-order valence-corrected chi connectivity index (χ3v) is 7.74. The molecule has 6 rings (SSSR count). The molecule has 2 heterocycles. The van der Waals surface area contributed by atoms with Crippen molar-refractivity contribution in [1.82, 2.24) is 9.97 Å². The second-order valence-electron chi connectivity index (χ2n) is 9.96. The Morgan fingerprint density at radius 2 is 1.46 bits per heavy atom. The quantitative estimate of drug-likeness (QED) is 0.336. The zero-order valence-electron chi connectivity index (χ0n) is 21.2. The first-order valence-electron chi connectivity index (χ1n) is 13.2. The second-order valence-corrected chi connectivity index (χ2v) is 9.96. The first kappa shape index (κ1) is 23.4. The number of piperazine rings is 1. The summed E-state index contributed by atoms with van der Waals surface area (Å²) in [4.78, 5) is 14.2. The Balaban J connectivity index is 1.13. The van der Waals surface area contributed by atoms with E-state index < -0.39 is 0 Å². The second kappa shape index (κ2) is 10.2. The van der Waals surface area contributed by atoms with Gasteiger partial charge in [0.25, 0.3) is 0 Å². The molecule has 0 atom stereocenters. The van der Waals surface area contributed by atoms with Crippen LogP contribution >= 0.6 is 0 Å². The van der Waals surface area contributed by atoms with E-state index in [1.165, 1.54) is 24.2 Å². The van der Waals surface area contributed by atoms with E-state index in [1.54, 1.807) is 13.2 Å². The van der Waals surface area contributed by atoms with Crippen molar-refractivity contribution in [3.63, 3.8) is 0 Å². The number of ether oxygens (including phenoxy) is 1. The Hall–Kier alpha value is -4.00. The highest BCUT2D eigenvalue weighted by Crippen LogP contribution is 2.41. The van der Waals surface area contributed by atoms with E-state index in [4.69, 9.17) is 9.72 Å². The van der Waals surface area contributed by atoms with E-state index in [0.717, 1.165) is 66.9 Å². The van der Waals surface area contributed by atoms with Gasteiger partial charge in [-0.3, -0.25) is 0 Å². The zero-order valence-corrected chi connectivity index (χ0v) is 21.2. The van der Waals surface area contributed by atoms with Gasteiger partial charge in [-0.1, -0.05) is 12.8 Å². The van der Waals surface area contributed by atoms with Gasteiger partial charge >= 0.3 is 0 Å². The van der Waals surface area contributed by atoms with Crippen molar-refractivity contribution in [2.75, 3.05) is 48.4 Å². The highest BCUT2D eigenvalue weighted by atomic mass is 16.5. The maximum Gasteiger partial charge on any atom is 0.227 e. The van der Waals surface area contributed by atoms with Gasteiger partial charge in [0.2, 0.25) is 5.95 Å². The van der Waals surface area contributed by atoms with E-state index in [-0.39, 0.29) is 0 Å². The van der Waals surface area contributed by atoms with E-state index in [0.29, 0.717) is 17.6 Å². The Labute approximate surface area is 217 Å². The summed E-state index contributed by atoms with van der Waals surface area (Å²) in [6.07, 6.45) is 6.48. The molecule has 0 radical (unpaired) electrons. The van der Waals surface area contributed by atoms with Crippen LogP contribution in [0.5, 0.6) is 11.5 Å². The van der Waals surface area contributed by atoms with Crippen LogP contribution in [-0.4, -0.2) is 48.4 Å². The summed E-state index contributed by atoms with van der Waals surface area (Å²) in [6.45, 7) is 3.90. The molecule has 7 nitrogen and oxygen atoms in total. The monoisotopic (exact) mass is 495 g/mol. The fourth-order valence-corrected chi connectivity index (χ4v) is 5.69. The highest BCUT2D eigenvalue weighted by Gasteiger charge is 2.23. The van der Waals surface area contributed by atoms with Crippen molar-refractivity contribution in [1.29, 1.82) is 0 Å². The third-order valence-electron chi connectivity index (χ3n) is 7.74. The molecule has 0 bridgehead atoms. The predicted octanol–water partition coefficient (Wildman–Crippen LogP) is 6.07. The van der Waals surface area contributed by atoms with Gasteiger partial charge in [-0.2, -0.15) is 0 Å². The predicted molar refractivity (Wildman–Crippen MR) is 150 cm³/mol. The van der Waals surface area contributed by atoms with Crippen molar-refractivity contribution in [2.24, 2.45) is 0 Å². The van der Waals surface area contributed by atoms with Gasteiger partial charge in [-0.15, -0.1) is 0 Å². The molecule has 1 saturated heterocycles. The van der Waals surface area contributed by atoms with Crippen molar-refractivity contribution < 1.29 is 9.84 Å². The highest BCUT2D eigenvalue weighted by molar-refractivity contribution is 5.85. The molecule has 1 aromatic heterocycles. The fourth-order valence-electron chi connectivity index (χ4n) is 5.69. The van der Waals surface area contributed by atoms with Crippen LogP contribution in [0, 0.1) is 0 Å². The van der Waals surface area contributed by atoms with E-state index in [2.05, 4.69) is 56.5 Å². The first-order chi connectivity index (χ1) is 18.2. The van der Waals surface area contributed by atoms with Gasteiger partial charge in [-0.25, -0.2) is 9.97 Å². The molecule has 1 aliphatic carbocycles. The standard InChI is InChI=1S/C30H33N5O2/c1-37-26-13-11-25(12-14-26)35-18-16-34(17-19-35)24-9-7-23(8-10-24)32-30-31-20-22-6-15-27(36)28(29(22)33-30)21-4-2-3-5-21/h6-15,20-21,36H,2-5,16-19H2,1H3,(H,31,32,33). The summed E-state index contributed by atoms with van der Waals surface area (Å²) in [5.74, 6) is 2.16. The number of phenols is 1. The molecule has 2 fully saturated rings. The summed E-state index contributed by atoms with van der Waals surface area (Å²) >= 11 is 0. The number of hydrogen-bond donors (Lipinski definition) is 2. The number of fused-ring (bicyclic) bond motifs is 1. The molecule has 1 aliphatic heterocycles. The van der Waals surface area contributed by atoms with Crippen molar-refractivity contribution in [2.45, 2.75) is 31.6 Å². The first-order valence-corrected chi connectivity index (χ1v) is 13.2. The number of methoxy groups -OCH3 is 1. The van der Waals surface area contributed by atoms with Gasteiger partial charge in [0, 0.05) is 60.4 Å². The van der Waals surface area contributed by atoms with Crippen LogP contribution in [0.25, 0.3) is 10.9 Å². The fraction of sp³-hybridized carbons (Fsp3) is 0.333. The summed E-state index contributed by atoms with van der Waals surface area (Å²) in [7, 11) is 1.70. The Bertz CT molecular complexity index is 1360. The molecule has 2 N–H and O–H groups in total. The molecule has 4 aromatic rings. The molecule has 0 unspecified atom stereocenters. The van der Waals surface area contributed by atoms with Crippen LogP contribution in [0.2, 0.25) is 0 Å². The smallest absolute Gasteiger partial charge is 0.227 e. The molecular formula is C30H33N5O2. The molecule has 3 aromatic carbocycles. The normalized spacial score (nSPS) is 16.4. The molecule has 7 heteroatoms. The number of phenolic OH excluding ortho intramolecular Hbond substituents is 1. The minimum absolute atomic E-state index is 0.348. The molecule has 0 amide bonds. The lowest BCUT2D eigenvalue weighted by atomic mass is 9.94. The lowest BCUT2D eigenvalue weighted by Gasteiger charge is -2.37. The van der Waals surface area contributed by atoms with E-state index in [1.807, 2.05) is 24.4 Å². The van der Waals surface area contributed by atoms with Crippen molar-refractivity contribution >= 4 is 33.9 Å². The molecular weight excluding hydrogens is 462 g/mol. The molecule has 2 aliphatic rings. The summed E-state index contributed by atoms with van der Waals surface area (Å²) < 4.78 is 5.28. The van der Waals surface area contributed by atoms with Crippen molar-refractivity contribution in [3.8, 4) is 11.5 Å². The Morgan fingerprint density at radius 3 is 2.08 bits per heavy atom. The number of rotatable bonds is 6. The van der Waals surface area contributed by atoms with Gasteiger partial charge < -0.3 is 25.0 Å². The summed E-state index contributed by atoms with van der Waals surface area (Å²) in [6, 6.07) is 20.4. The minimum atomic E-state index is 0.348. The number of aromatic nitrogens is 2. The summed E-state index contributed by atoms with van der Waals surface area (Å²) in [5.41, 5.74) is 5.23. The number of nitrogens with zero attached hydrogens (tertiary/aromatic N) is 4. The average molecular weight is 496 g/mol. The van der Waals surface area contributed by atoms with Crippen LogP contribution in [0.4, 0.5) is 23.0 Å². The molecule has 190 valence electrons. The molecule has 1 saturated carbocycles. The number of aromatic hydroxyl groups is 1. The Morgan fingerprint density at radius 1 is 0.838 bits per heavy atom. The van der Waals surface area contributed by atoms with Gasteiger partial charge in [0.1, 0.15) is 11.5 Å². The summed E-state index contributed by atoms with van der Waals surface area (Å²) in [5, 5.41) is 14.9. The largest absolute Gasteiger partial charge is 0.508 e.